The molecule has 5 atom stereocenters. The maximum Gasteiger partial charge on any atom is 0.116 e. The third-order valence-corrected chi connectivity index (χ3v) is 10.9. The smallest absolute Gasteiger partial charge is 0.116 e. The maximum atomic E-state index is 11.0. The molecule has 0 saturated heterocycles. The van der Waals surface area contributed by atoms with Crippen molar-refractivity contribution in [3.05, 3.63) is 77.4 Å². The number of phenols is 1. The Labute approximate surface area is 219 Å². The van der Waals surface area contributed by atoms with Gasteiger partial charge in [-0.25, -0.2) is 0 Å². The van der Waals surface area contributed by atoms with Crippen molar-refractivity contribution in [3.8, 4) is 5.75 Å². The van der Waals surface area contributed by atoms with Crippen molar-refractivity contribution in [2.24, 2.45) is 29.1 Å². The van der Waals surface area contributed by atoms with E-state index in [0.29, 0.717) is 11.2 Å². The molecule has 2 aromatic rings. The molecular formula is C35H46O. The minimum atomic E-state index is 0.0556. The van der Waals surface area contributed by atoms with E-state index in [1.165, 1.54) is 100 Å². The second-order valence-corrected chi connectivity index (χ2v) is 13.1. The Morgan fingerprint density at radius 1 is 0.833 bits per heavy atom. The second-order valence-electron chi connectivity index (χ2n) is 13.1. The molecule has 6 rings (SSSR count). The Bertz CT molecular complexity index is 1060. The van der Waals surface area contributed by atoms with Crippen LogP contribution in [0.15, 0.2) is 60.7 Å². The Kier molecular flexibility index (Phi) is 6.78. The summed E-state index contributed by atoms with van der Waals surface area (Å²) in [6.45, 7) is 2.47. The number of hydrogen-bond donors (Lipinski definition) is 1. The van der Waals surface area contributed by atoms with Gasteiger partial charge in [0.15, 0.2) is 0 Å². The third-order valence-electron chi connectivity index (χ3n) is 10.9. The van der Waals surface area contributed by atoms with Crippen LogP contribution in [0.2, 0.25) is 0 Å². The van der Waals surface area contributed by atoms with Gasteiger partial charge in [0.2, 0.25) is 0 Å². The highest BCUT2D eigenvalue weighted by Gasteiger charge is 2.48. The fraction of sp³-hybridized carbons (Fsp3) is 0.600. The van der Waals surface area contributed by atoms with Crippen molar-refractivity contribution in [2.45, 2.75) is 102 Å². The SMILES string of the molecule is C[C@@H]1CC=C[C@@]2(CCC[C@@H]3[C@H](Cc4cc(O)cc(C5(c6ccccc6)CCCCC5)c4)CCC[C@H]32)C1. The largest absolute Gasteiger partial charge is 0.508 e. The molecule has 1 nitrogen and oxygen atoms in total. The van der Waals surface area contributed by atoms with Crippen LogP contribution in [-0.2, 0) is 11.8 Å². The molecule has 4 aliphatic rings. The predicted molar refractivity (Wildman–Crippen MR) is 150 cm³/mol. The average molecular weight is 483 g/mol. The first-order valence-corrected chi connectivity index (χ1v) is 15.1. The van der Waals surface area contributed by atoms with Crippen LogP contribution >= 0.6 is 0 Å². The summed E-state index contributed by atoms with van der Waals surface area (Å²) >= 11 is 0. The Morgan fingerprint density at radius 3 is 2.47 bits per heavy atom. The molecule has 3 saturated carbocycles. The minimum Gasteiger partial charge on any atom is -0.508 e. The quantitative estimate of drug-likeness (QED) is 0.430. The zero-order chi connectivity index (χ0) is 24.6. The van der Waals surface area contributed by atoms with E-state index in [1.807, 2.05) is 0 Å². The fourth-order valence-electron chi connectivity index (χ4n) is 9.44. The number of aromatic hydroxyl groups is 1. The van der Waals surface area contributed by atoms with E-state index in [2.05, 4.69) is 67.6 Å². The van der Waals surface area contributed by atoms with Crippen molar-refractivity contribution in [1.29, 1.82) is 0 Å². The number of rotatable bonds is 4. The molecule has 4 aliphatic carbocycles. The minimum absolute atomic E-state index is 0.0556. The summed E-state index contributed by atoms with van der Waals surface area (Å²) in [5, 5.41) is 11.0. The first-order valence-electron chi connectivity index (χ1n) is 15.1. The molecule has 0 heterocycles. The maximum absolute atomic E-state index is 11.0. The highest BCUT2D eigenvalue weighted by molar-refractivity contribution is 5.45. The topological polar surface area (TPSA) is 20.2 Å². The summed E-state index contributed by atoms with van der Waals surface area (Å²) in [6.07, 6.45) is 23.7. The van der Waals surface area contributed by atoms with Crippen LogP contribution in [0.1, 0.15) is 107 Å². The molecule has 0 radical (unpaired) electrons. The summed E-state index contributed by atoms with van der Waals surface area (Å²) < 4.78 is 0. The Balaban J connectivity index is 1.30. The van der Waals surface area contributed by atoms with Crippen LogP contribution in [0.5, 0.6) is 5.75 Å². The van der Waals surface area contributed by atoms with E-state index >= 15 is 0 Å². The van der Waals surface area contributed by atoms with Gasteiger partial charge in [-0.3, -0.25) is 0 Å². The molecule has 0 bridgehead atoms. The van der Waals surface area contributed by atoms with Crippen molar-refractivity contribution in [3.63, 3.8) is 0 Å². The van der Waals surface area contributed by atoms with Gasteiger partial charge in [0, 0.05) is 5.41 Å². The van der Waals surface area contributed by atoms with Gasteiger partial charge < -0.3 is 5.11 Å². The fourth-order valence-corrected chi connectivity index (χ4v) is 9.44. The van der Waals surface area contributed by atoms with Crippen LogP contribution < -0.4 is 0 Å². The van der Waals surface area contributed by atoms with Crippen molar-refractivity contribution in [2.75, 3.05) is 0 Å². The third kappa shape index (κ3) is 4.46. The molecule has 2 aromatic carbocycles. The Morgan fingerprint density at radius 2 is 1.67 bits per heavy atom. The predicted octanol–water partition coefficient (Wildman–Crippen LogP) is 9.37. The lowest BCUT2D eigenvalue weighted by Crippen LogP contribution is -2.45. The van der Waals surface area contributed by atoms with Gasteiger partial charge >= 0.3 is 0 Å². The van der Waals surface area contributed by atoms with E-state index < -0.39 is 0 Å². The first-order chi connectivity index (χ1) is 17.6. The van der Waals surface area contributed by atoms with Gasteiger partial charge in [-0.05, 0) is 116 Å². The standard InChI is InChI=1S/C35H46O/c1-26-11-9-17-34(25-26)18-10-15-32-28(12-8-16-33(32)34)21-27-22-30(24-31(36)23-27)35(19-6-3-7-20-35)29-13-4-2-5-14-29/h2,4-5,9,13-14,17,22-24,26,28,32-33,36H,3,6-8,10-12,15-16,18-21,25H2,1H3/t26-,28+,32-,33-,34-/m1/s1. The first kappa shape index (κ1) is 24.3. The van der Waals surface area contributed by atoms with E-state index in [0.717, 1.165) is 30.1 Å². The summed E-state index contributed by atoms with van der Waals surface area (Å²) in [7, 11) is 0. The highest BCUT2D eigenvalue weighted by atomic mass is 16.3. The second kappa shape index (κ2) is 10.0. The van der Waals surface area contributed by atoms with Gasteiger partial charge in [0.25, 0.3) is 0 Å². The molecular weight excluding hydrogens is 436 g/mol. The number of fused-ring (bicyclic) bond motifs is 2. The zero-order valence-corrected chi connectivity index (χ0v) is 22.4. The van der Waals surface area contributed by atoms with Gasteiger partial charge in [-0.1, -0.05) is 87.6 Å². The number of phenolic OH excluding ortho intramolecular Hbond substituents is 1. The van der Waals surface area contributed by atoms with Gasteiger partial charge in [0.05, 0.1) is 0 Å². The lowest BCUT2D eigenvalue weighted by Gasteiger charge is -2.54. The van der Waals surface area contributed by atoms with Crippen LogP contribution in [-0.4, -0.2) is 5.11 Å². The summed E-state index contributed by atoms with van der Waals surface area (Å²) in [5.74, 6) is 3.80. The molecule has 36 heavy (non-hydrogen) atoms. The van der Waals surface area contributed by atoms with Crippen LogP contribution in [0.25, 0.3) is 0 Å². The van der Waals surface area contributed by atoms with E-state index in [4.69, 9.17) is 0 Å². The molecule has 0 amide bonds. The summed E-state index contributed by atoms with van der Waals surface area (Å²) in [4.78, 5) is 0. The van der Waals surface area contributed by atoms with Crippen LogP contribution in [0.3, 0.4) is 0 Å². The molecule has 1 N–H and O–H groups in total. The molecule has 0 aliphatic heterocycles. The number of benzene rings is 2. The number of allylic oxidation sites excluding steroid dienone is 2. The molecule has 3 fully saturated rings. The summed E-state index contributed by atoms with van der Waals surface area (Å²) in [5.41, 5.74) is 4.71. The van der Waals surface area contributed by atoms with Crippen molar-refractivity contribution >= 4 is 0 Å². The normalized spacial score (nSPS) is 33.8. The summed E-state index contributed by atoms with van der Waals surface area (Å²) in [6, 6.07) is 17.8. The van der Waals surface area contributed by atoms with Gasteiger partial charge in [-0.15, -0.1) is 0 Å². The Hall–Kier alpha value is -2.02. The average Bonchev–Trinajstić information content (AvgIpc) is 2.90. The van der Waals surface area contributed by atoms with Crippen LogP contribution in [0.4, 0.5) is 0 Å². The van der Waals surface area contributed by atoms with Gasteiger partial charge in [0.1, 0.15) is 5.75 Å². The molecule has 192 valence electrons. The molecule has 1 spiro atoms. The van der Waals surface area contributed by atoms with Crippen molar-refractivity contribution in [1.82, 2.24) is 0 Å². The lowest BCUT2D eigenvalue weighted by molar-refractivity contribution is -0.00558. The molecule has 0 unspecified atom stereocenters. The molecule has 1 heteroatoms. The van der Waals surface area contributed by atoms with Gasteiger partial charge in [-0.2, -0.15) is 0 Å². The van der Waals surface area contributed by atoms with E-state index in [-0.39, 0.29) is 5.41 Å². The van der Waals surface area contributed by atoms with E-state index in [9.17, 15) is 5.11 Å². The van der Waals surface area contributed by atoms with E-state index in [1.54, 1.807) is 0 Å². The lowest BCUT2D eigenvalue weighted by atomic mass is 9.51. The van der Waals surface area contributed by atoms with Crippen LogP contribution in [0, 0.1) is 29.1 Å². The monoisotopic (exact) mass is 482 g/mol. The molecule has 0 aromatic heterocycles. The van der Waals surface area contributed by atoms with Crippen molar-refractivity contribution < 1.29 is 5.11 Å². The number of hydrogen-bond acceptors (Lipinski definition) is 1. The zero-order valence-electron chi connectivity index (χ0n) is 22.4. The highest BCUT2D eigenvalue weighted by Crippen LogP contribution is 2.58.